The second kappa shape index (κ2) is 13.3. The third kappa shape index (κ3) is 7.31. The highest BCUT2D eigenvalue weighted by molar-refractivity contribution is 8.00. The summed E-state index contributed by atoms with van der Waals surface area (Å²) in [5, 5.41) is 17.5. The maximum atomic E-state index is 14.0. The molecule has 0 spiro atoms. The zero-order valence-corrected chi connectivity index (χ0v) is 27.0. The van der Waals surface area contributed by atoms with Gasteiger partial charge in [0.2, 0.25) is 5.91 Å². The minimum Gasteiger partial charge on any atom is -0.381 e. The molecule has 3 atom stereocenters. The van der Waals surface area contributed by atoms with Crippen molar-refractivity contribution in [3.05, 3.63) is 105 Å². The molecule has 3 unspecified atom stereocenters. The lowest BCUT2D eigenvalue weighted by Crippen LogP contribution is -2.58. The fraction of sp³-hybridized carbons (Fsp3) is 0.400. The van der Waals surface area contributed by atoms with E-state index in [-0.39, 0.29) is 24.1 Å². The Morgan fingerprint density at radius 3 is 2.26 bits per heavy atom. The monoisotopic (exact) mass is 601 g/mol. The first-order valence-electron chi connectivity index (χ1n) is 14.7. The number of aliphatic hydroxyl groups excluding tert-OH is 1. The van der Waals surface area contributed by atoms with Crippen LogP contribution < -0.4 is 10.6 Å². The van der Waals surface area contributed by atoms with Gasteiger partial charge >= 0.3 is 0 Å². The van der Waals surface area contributed by atoms with Crippen LogP contribution in [-0.2, 0) is 22.6 Å². The van der Waals surface area contributed by atoms with E-state index in [0.29, 0.717) is 12.1 Å². The number of thioether (sulfide) groups is 1. The first-order valence-corrected chi connectivity index (χ1v) is 15.7. The van der Waals surface area contributed by atoms with Crippen molar-refractivity contribution >= 4 is 29.5 Å². The molecular formula is C35H43N3O4S. The molecule has 1 heterocycles. The number of hydrogen-bond acceptors (Lipinski definition) is 5. The van der Waals surface area contributed by atoms with Gasteiger partial charge in [-0.1, -0.05) is 60.2 Å². The summed E-state index contributed by atoms with van der Waals surface area (Å²) in [4.78, 5) is 42.5. The summed E-state index contributed by atoms with van der Waals surface area (Å²) >= 11 is 1.50. The van der Waals surface area contributed by atoms with Gasteiger partial charge in [0.25, 0.3) is 11.8 Å². The van der Waals surface area contributed by atoms with E-state index < -0.39 is 28.8 Å². The van der Waals surface area contributed by atoms with Gasteiger partial charge in [-0.25, -0.2) is 0 Å². The molecule has 3 N–H and O–H groups in total. The van der Waals surface area contributed by atoms with Crippen LogP contribution in [0.5, 0.6) is 0 Å². The number of nitrogens with zero attached hydrogens (tertiary/aromatic N) is 1. The number of carbonyl (C=O) groups excluding carboxylic acids is 3. The molecular weight excluding hydrogens is 558 g/mol. The van der Waals surface area contributed by atoms with Gasteiger partial charge in [-0.15, -0.1) is 11.8 Å². The molecule has 0 aromatic heterocycles. The van der Waals surface area contributed by atoms with Gasteiger partial charge in [0.05, 0.1) is 11.9 Å². The van der Waals surface area contributed by atoms with Crippen molar-refractivity contribution in [3.8, 4) is 0 Å². The number of rotatable bonds is 9. The van der Waals surface area contributed by atoms with Crippen molar-refractivity contribution in [1.29, 1.82) is 0 Å². The van der Waals surface area contributed by atoms with Crippen LogP contribution in [0.25, 0.3) is 0 Å². The van der Waals surface area contributed by atoms with Crippen molar-refractivity contribution < 1.29 is 19.5 Å². The number of amides is 3. The van der Waals surface area contributed by atoms with E-state index in [2.05, 4.69) is 22.8 Å². The molecule has 0 aliphatic carbocycles. The second-order valence-electron chi connectivity index (χ2n) is 12.1. The van der Waals surface area contributed by atoms with E-state index in [0.717, 1.165) is 33.4 Å². The fourth-order valence-electron chi connectivity index (χ4n) is 5.87. The summed E-state index contributed by atoms with van der Waals surface area (Å²) in [7, 11) is 0. The molecule has 1 fully saturated rings. The lowest BCUT2D eigenvalue weighted by atomic mass is 9.96. The molecule has 1 aliphatic heterocycles. The number of hydrogen-bond donors (Lipinski definition) is 3. The van der Waals surface area contributed by atoms with Gasteiger partial charge < -0.3 is 20.6 Å². The normalized spacial score (nSPS) is 17.3. The highest BCUT2D eigenvalue weighted by Gasteiger charge is 2.49. The average molecular weight is 602 g/mol. The summed E-state index contributed by atoms with van der Waals surface area (Å²) in [6, 6.07) is 17.4. The third-order valence-electron chi connectivity index (χ3n) is 8.46. The number of aryl methyl sites for hydroxylation is 4. The predicted octanol–water partition coefficient (Wildman–Crippen LogP) is 4.93. The van der Waals surface area contributed by atoms with Gasteiger partial charge in [0.15, 0.2) is 6.10 Å². The quantitative estimate of drug-likeness (QED) is 0.323. The van der Waals surface area contributed by atoms with Crippen LogP contribution in [0.15, 0.2) is 60.7 Å². The minimum absolute atomic E-state index is 0.248. The van der Waals surface area contributed by atoms with E-state index >= 15 is 0 Å². The number of nitrogens with one attached hydrogen (secondary N) is 2. The fourth-order valence-corrected chi connectivity index (χ4v) is 7.01. The largest absolute Gasteiger partial charge is 0.381 e. The first kappa shape index (κ1) is 32.3. The van der Waals surface area contributed by atoms with Crippen LogP contribution in [0.1, 0.15) is 63.1 Å². The van der Waals surface area contributed by atoms with Crippen LogP contribution in [0, 0.1) is 34.6 Å². The Bertz CT molecular complexity index is 1480. The zero-order valence-electron chi connectivity index (χ0n) is 26.2. The van der Waals surface area contributed by atoms with Crippen molar-refractivity contribution in [1.82, 2.24) is 15.5 Å². The molecule has 1 aliphatic rings. The molecule has 3 aromatic rings. The minimum atomic E-state index is -1.55. The Morgan fingerprint density at radius 1 is 0.953 bits per heavy atom. The Kier molecular flexibility index (Phi) is 10.0. The molecule has 0 radical (unpaired) electrons. The Labute approximate surface area is 259 Å². The van der Waals surface area contributed by atoms with E-state index in [1.807, 2.05) is 90.9 Å². The Morgan fingerprint density at radius 2 is 1.60 bits per heavy atom. The topological polar surface area (TPSA) is 98.7 Å². The third-order valence-corrected chi connectivity index (χ3v) is 9.83. The van der Waals surface area contributed by atoms with Crippen molar-refractivity contribution in [2.45, 2.75) is 84.4 Å². The van der Waals surface area contributed by atoms with Crippen molar-refractivity contribution in [2.75, 3.05) is 5.88 Å². The van der Waals surface area contributed by atoms with E-state index in [1.54, 1.807) is 6.07 Å². The van der Waals surface area contributed by atoms with Gasteiger partial charge in [-0.2, -0.15) is 0 Å². The second-order valence-corrected chi connectivity index (χ2v) is 13.7. The summed E-state index contributed by atoms with van der Waals surface area (Å²) in [5.41, 5.74) is 7.60. The van der Waals surface area contributed by atoms with E-state index in [1.165, 1.54) is 22.2 Å². The molecule has 43 heavy (non-hydrogen) atoms. The molecule has 3 aromatic carbocycles. The molecule has 4 rings (SSSR count). The summed E-state index contributed by atoms with van der Waals surface area (Å²) in [5.74, 6) is -0.952. The maximum absolute atomic E-state index is 14.0. The predicted molar refractivity (Wildman–Crippen MR) is 173 cm³/mol. The van der Waals surface area contributed by atoms with Crippen LogP contribution in [0.3, 0.4) is 0 Å². The number of benzene rings is 3. The number of aliphatic hydroxyl groups is 1. The summed E-state index contributed by atoms with van der Waals surface area (Å²) in [6.07, 6.45) is -1.31. The number of carbonyl (C=O) groups is 3. The maximum Gasteiger partial charge on any atom is 0.254 e. The van der Waals surface area contributed by atoms with Crippen molar-refractivity contribution in [2.24, 2.45) is 0 Å². The van der Waals surface area contributed by atoms with Crippen LogP contribution >= 0.6 is 11.8 Å². The van der Waals surface area contributed by atoms with E-state index in [9.17, 15) is 19.5 Å². The van der Waals surface area contributed by atoms with Gasteiger partial charge in [0, 0.05) is 16.9 Å². The van der Waals surface area contributed by atoms with Crippen molar-refractivity contribution in [3.63, 3.8) is 0 Å². The average Bonchev–Trinajstić information content (AvgIpc) is 3.27. The van der Waals surface area contributed by atoms with Gasteiger partial charge in [0.1, 0.15) is 6.04 Å². The highest BCUT2D eigenvalue weighted by Crippen LogP contribution is 2.40. The van der Waals surface area contributed by atoms with Crippen LogP contribution in [0.2, 0.25) is 0 Å². The molecule has 0 saturated carbocycles. The SMILES string of the molecule is Cc1cc(C)c(CNC(=O)C2N(C(=O)C(O)C(Cc3ccccc3)NC(=O)c3cccc(C)c3C)CSC2(C)C)c(C)c1. The molecule has 3 amide bonds. The first-order chi connectivity index (χ1) is 20.3. The summed E-state index contributed by atoms with van der Waals surface area (Å²) < 4.78 is -0.576. The van der Waals surface area contributed by atoms with Crippen LogP contribution in [-0.4, -0.2) is 56.5 Å². The van der Waals surface area contributed by atoms with Gasteiger partial charge in [-0.05, 0) is 94.3 Å². The molecule has 0 bridgehead atoms. The molecule has 8 heteroatoms. The lowest BCUT2D eigenvalue weighted by Gasteiger charge is -2.33. The molecule has 7 nitrogen and oxygen atoms in total. The highest BCUT2D eigenvalue weighted by atomic mass is 32.2. The molecule has 1 saturated heterocycles. The Hall–Kier alpha value is -3.62. The Balaban J connectivity index is 1.57. The standard InChI is InChI=1S/C35H43N3O4S/c1-21-16-23(3)28(24(4)17-21)19-36-33(41)31-35(6,7)43-20-38(31)34(42)30(39)29(18-26-13-9-8-10-14-26)37-32(40)27-15-11-12-22(2)25(27)5/h8-17,29-31,39H,18-20H2,1-7H3,(H,36,41)(H,37,40). The van der Waals surface area contributed by atoms with Gasteiger partial charge in [-0.3, -0.25) is 14.4 Å². The lowest BCUT2D eigenvalue weighted by molar-refractivity contribution is -0.147. The smallest absolute Gasteiger partial charge is 0.254 e. The van der Waals surface area contributed by atoms with E-state index in [4.69, 9.17) is 0 Å². The zero-order chi connectivity index (χ0) is 31.5. The summed E-state index contributed by atoms with van der Waals surface area (Å²) in [6.45, 7) is 14.1. The molecule has 228 valence electrons. The van der Waals surface area contributed by atoms with Crippen LogP contribution in [0.4, 0.5) is 0 Å².